The lowest BCUT2D eigenvalue weighted by atomic mass is 9.96. The number of carbonyl (C=O) groups excluding carboxylic acids is 1. The van der Waals surface area contributed by atoms with Crippen LogP contribution in [-0.4, -0.2) is 5.78 Å². The zero-order valence-electron chi connectivity index (χ0n) is 10.3. The van der Waals surface area contributed by atoms with E-state index in [1.807, 2.05) is 0 Å². The van der Waals surface area contributed by atoms with Gasteiger partial charge >= 0.3 is 6.18 Å². The van der Waals surface area contributed by atoms with E-state index in [1.165, 1.54) is 0 Å². The molecule has 0 bridgehead atoms. The Morgan fingerprint density at radius 2 is 1.84 bits per heavy atom. The van der Waals surface area contributed by atoms with Gasteiger partial charge in [0.2, 0.25) is 0 Å². The first kappa shape index (κ1) is 14.0. The van der Waals surface area contributed by atoms with Gasteiger partial charge in [0.1, 0.15) is 5.82 Å². The van der Waals surface area contributed by atoms with E-state index in [-0.39, 0.29) is 12.3 Å². The molecule has 0 aromatic heterocycles. The number of ketones is 1. The number of rotatable bonds is 3. The van der Waals surface area contributed by atoms with Crippen molar-refractivity contribution in [2.45, 2.75) is 38.3 Å². The Bertz CT molecular complexity index is 473. The van der Waals surface area contributed by atoms with Gasteiger partial charge in [-0.05, 0) is 24.1 Å². The van der Waals surface area contributed by atoms with Gasteiger partial charge in [-0.2, -0.15) is 13.2 Å². The topological polar surface area (TPSA) is 17.1 Å². The molecule has 0 atom stereocenters. The van der Waals surface area contributed by atoms with Crippen molar-refractivity contribution in [1.29, 1.82) is 0 Å². The number of carbonyl (C=O) groups is 1. The van der Waals surface area contributed by atoms with Gasteiger partial charge in [-0.15, -0.1) is 0 Å². The summed E-state index contributed by atoms with van der Waals surface area (Å²) >= 11 is 0. The van der Waals surface area contributed by atoms with Gasteiger partial charge in [0.25, 0.3) is 0 Å². The molecule has 1 fully saturated rings. The average Bonchev–Trinajstić information content (AvgIpc) is 2.80. The van der Waals surface area contributed by atoms with Gasteiger partial charge in [-0.25, -0.2) is 4.39 Å². The molecular formula is C14H14F4O. The number of benzene rings is 1. The molecule has 2 rings (SSSR count). The number of hydrogen-bond donors (Lipinski definition) is 0. The molecule has 0 aliphatic heterocycles. The summed E-state index contributed by atoms with van der Waals surface area (Å²) in [5.74, 6) is -1.23. The number of hydrogen-bond acceptors (Lipinski definition) is 1. The first-order valence-electron chi connectivity index (χ1n) is 6.28. The Hall–Kier alpha value is -1.39. The third kappa shape index (κ3) is 3.33. The Morgan fingerprint density at radius 3 is 2.42 bits per heavy atom. The SMILES string of the molecule is O=C(CC1CCCC1)c1cc(C(F)(F)F)ccc1F. The molecule has 5 heteroatoms. The molecule has 1 aliphatic rings. The summed E-state index contributed by atoms with van der Waals surface area (Å²) in [4.78, 5) is 11.9. The second-order valence-electron chi connectivity index (χ2n) is 4.97. The Morgan fingerprint density at radius 1 is 1.21 bits per heavy atom. The van der Waals surface area contributed by atoms with Crippen LogP contribution in [0.25, 0.3) is 0 Å². The Balaban J connectivity index is 2.20. The molecule has 1 aromatic carbocycles. The number of alkyl halides is 3. The van der Waals surface area contributed by atoms with Crippen molar-refractivity contribution < 1.29 is 22.4 Å². The smallest absolute Gasteiger partial charge is 0.294 e. The monoisotopic (exact) mass is 274 g/mol. The van der Waals surface area contributed by atoms with E-state index in [2.05, 4.69) is 0 Å². The number of halogens is 4. The predicted molar refractivity (Wildman–Crippen MR) is 62.3 cm³/mol. The molecule has 104 valence electrons. The third-order valence-corrected chi connectivity index (χ3v) is 3.54. The highest BCUT2D eigenvalue weighted by Gasteiger charge is 2.32. The van der Waals surface area contributed by atoms with E-state index in [9.17, 15) is 22.4 Å². The lowest BCUT2D eigenvalue weighted by Gasteiger charge is -2.11. The van der Waals surface area contributed by atoms with Crippen molar-refractivity contribution in [2.75, 3.05) is 0 Å². The summed E-state index contributed by atoms with van der Waals surface area (Å²) in [6.45, 7) is 0. The van der Waals surface area contributed by atoms with Crippen LogP contribution in [0.1, 0.15) is 48.0 Å². The second-order valence-corrected chi connectivity index (χ2v) is 4.97. The van der Waals surface area contributed by atoms with Gasteiger partial charge in [0.15, 0.2) is 5.78 Å². The zero-order chi connectivity index (χ0) is 14.0. The van der Waals surface area contributed by atoms with Crippen LogP contribution in [0.15, 0.2) is 18.2 Å². The molecule has 0 saturated heterocycles. The maximum atomic E-state index is 13.5. The van der Waals surface area contributed by atoms with Gasteiger partial charge in [0, 0.05) is 6.42 Å². The maximum absolute atomic E-state index is 13.5. The van der Waals surface area contributed by atoms with Gasteiger partial charge in [-0.1, -0.05) is 25.7 Å². The first-order chi connectivity index (χ1) is 8.88. The zero-order valence-corrected chi connectivity index (χ0v) is 10.3. The molecule has 1 aliphatic carbocycles. The van der Waals surface area contributed by atoms with Crippen molar-refractivity contribution in [2.24, 2.45) is 5.92 Å². The molecule has 0 heterocycles. The lowest BCUT2D eigenvalue weighted by molar-refractivity contribution is -0.137. The van der Waals surface area contributed by atoms with Crippen LogP contribution in [0.4, 0.5) is 17.6 Å². The molecule has 0 N–H and O–H groups in total. The lowest BCUT2D eigenvalue weighted by Crippen LogP contribution is -2.11. The molecule has 0 spiro atoms. The fourth-order valence-electron chi connectivity index (χ4n) is 2.50. The van der Waals surface area contributed by atoms with Gasteiger partial charge < -0.3 is 0 Å². The summed E-state index contributed by atoms with van der Waals surface area (Å²) in [5, 5.41) is 0. The molecule has 1 saturated carbocycles. The predicted octanol–water partition coefficient (Wildman–Crippen LogP) is 4.61. The van der Waals surface area contributed by atoms with Crippen molar-refractivity contribution in [3.8, 4) is 0 Å². The van der Waals surface area contributed by atoms with Gasteiger partial charge in [0.05, 0.1) is 11.1 Å². The van der Waals surface area contributed by atoms with Crippen LogP contribution in [0, 0.1) is 11.7 Å². The third-order valence-electron chi connectivity index (χ3n) is 3.54. The standard InChI is InChI=1S/C14H14F4O/c15-12-6-5-10(14(16,17)18)8-11(12)13(19)7-9-3-1-2-4-9/h5-6,8-9H,1-4,7H2. The van der Waals surface area contributed by atoms with E-state index in [1.54, 1.807) is 0 Å². The van der Waals surface area contributed by atoms with E-state index in [0.29, 0.717) is 18.2 Å². The minimum absolute atomic E-state index is 0.137. The van der Waals surface area contributed by atoms with E-state index < -0.39 is 28.9 Å². The largest absolute Gasteiger partial charge is 0.416 e. The summed E-state index contributed by atoms with van der Waals surface area (Å²) < 4.78 is 51.1. The summed E-state index contributed by atoms with van der Waals surface area (Å²) in [7, 11) is 0. The number of Topliss-reactive ketones (excluding diaryl/α,β-unsaturated/α-hetero) is 1. The molecule has 19 heavy (non-hydrogen) atoms. The highest BCUT2D eigenvalue weighted by atomic mass is 19.4. The van der Waals surface area contributed by atoms with Crippen molar-refractivity contribution >= 4 is 5.78 Å². The van der Waals surface area contributed by atoms with Crippen LogP contribution < -0.4 is 0 Å². The normalized spacial score (nSPS) is 16.8. The van der Waals surface area contributed by atoms with E-state index >= 15 is 0 Å². The maximum Gasteiger partial charge on any atom is 0.416 e. The van der Waals surface area contributed by atoms with Crippen LogP contribution >= 0.6 is 0 Å². The highest BCUT2D eigenvalue weighted by Crippen LogP contribution is 2.32. The molecule has 0 radical (unpaired) electrons. The quantitative estimate of drug-likeness (QED) is 0.581. The summed E-state index contributed by atoms with van der Waals surface area (Å²) in [6, 6.07) is 1.99. The Labute approximate surface area is 108 Å². The van der Waals surface area contributed by atoms with E-state index in [0.717, 1.165) is 25.7 Å². The van der Waals surface area contributed by atoms with Crippen molar-refractivity contribution in [3.05, 3.63) is 35.1 Å². The van der Waals surface area contributed by atoms with Crippen LogP contribution in [0.2, 0.25) is 0 Å². The second kappa shape index (κ2) is 5.31. The van der Waals surface area contributed by atoms with Crippen LogP contribution in [-0.2, 0) is 6.18 Å². The first-order valence-corrected chi connectivity index (χ1v) is 6.28. The molecule has 1 nitrogen and oxygen atoms in total. The average molecular weight is 274 g/mol. The fourth-order valence-corrected chi connectivity index (χ4v) is 2.50. The van der Waals surface area contributed by atoms with Gasteiger partial charge in [-0.3, -0.25) is 4.79 Å². The Kier molecular flexibility index (Phi) is 3.92. The molecular weight excluding hydrogens is 260 g/mol. The summed E-state index contributed by atoms with van der Waals surface area (Å²) in [6.07, 6.45) is -0.570. The van der Waals surface area contributed by atoms with Crippen LogP contribution in [0.3, 0.4) is 0 Å². The highest BCUT2D eigenvalue weighted by molar-refractivity contribution is 5.96. The van der Waals surface area contributed by atoms with Crippen molar-refractivity contribution in [1.82, 2.24) is 0 Å². The van der Waals surface area contributed by atoms with Crippen molar-refractivity contribution in [3.63, 3.8) is 0 Å². The van der Waals surface area contributed by atoms with E-state index in [4.69, 9.17) is 0 Å². The fraction of sp³-hybridized carbons (Fsp3) is 0.500. The minimum atomic E-state index is -4.56. The molecule has 0 amide bonds. The summed E-state index contributed by atoms with van der Waals surface area (Å²) in [5.41, 5.74) is -1.43. The molecule has 0 unspecified atom stereocenters. The molecule has 1 aromatic rings. The van der Waals surface area contributed by atoms with Crippen LogP contribution in [0.5, 0.6) is 0 Å². The minimum Gasteiger partial charge on any atom is -0.294 e.